The number of cyclic esters (lactones) is 1. The summed E-state index contributed by atoms with van der Waals surface area (Å²) in [6, 6.07) is 10.0. The third kappa shape index (κ3) is 18.9. The molecule has 4 rings (SSSR count). The first-order valence-electron chi connectivity index (χ1n) is 24.5. The highest BCUT2D eigenvalue weighted by Gasteiger charge is 2.48. The van der Waals surface area contributed by atoms with Crippen molar-refractivity contribution >= 4 is 58.5 Å². The topological polar surface area (TPSA) is 216 Å². The van der Waals surface area contributed by atoms with Crippen molar-refractivity contribution in [1.82, 2.24) is 21.3 Å². The second-order valence-corrected chi connectivity index (χ2v) is 21.6. The Bertz CT molecular complexity index is 2230. The molecule has 2 aliphatic rings. The van der Waals surface area contributed by atoms with Crippen molar-refractivity contribution in [2.24, 2.45) is 28.6 Å². The van der Waals surface area contributed by atoms with Crippen LogP contribution in [0.5, 0.6) is 5.75 Å². The number of nitrogens with one attached hydrogen (secondary N) is 4. The third-order valence-corrected chi connectivity index (χ3v) is 13.2. The maximum Gasteiger partial charge on any atom is 0.328 e. The van der Waals surface area contributed by atoms with Crippen LogP contribution in [0.2, 0.25) is 5.02 Å². The van der Waals surface area contributed by atoms with E-state index in [0.717, 1.165) is 11.1 Å². The number of Topliss-reactive ketones (excluding diaryl/α,β-unsaturated/α-hetero) is 3. The zero-order valence-electron chi connectivity index (χ0n) is 42.8. The standard InChI is InChI=1S/C54H75ClN4O11.CH4/c1-31(2)39(28-38(61)15-12-14-32(3)60)49(64)57-34(5)43(62)24-20-35-18-22-37(23-19-35)48-47(70-48)33(4)44-16-13-17-46(63)58-41(27-36-21-25-45(68-11)40(55)26-36)50(65)56-30-54(9,10)52(67)59-42(51(66)69-44)29-53(6,7)8;/h13,17-19,21-23,25-26,31,33-34,39,41-42,44,47-48H,12,14-16,20,24,27-30H2,1-11H3,(H,56,65)(H,57,64)(H,58,63)(H,59,67);1H4/b17-13+;/t33-,34-,39-,41+,42-,44-,47+,48+;/m0./s1. The summed E-state index contributed by atoms with van der Waals surface area (Å²) >= 11 is 6.38. The lowest BCUT2D eigenvalue weighted by atomic mass is 9.86. The van der Waals surface area contributed by atoms with Crippen LogP contribution in [0, 0.1) is 28.6 Å². The molecule has 0 bridgehead atoms. The number of benzene rings is 2. The molecule has 2 aliphatic heterocycles. The summed E-state index contributed by atoms with van der Waals surface area (Å²) in [6.07, 6.45) is 3.67. The van der Waals surface area contributed by atoms with Crippen molar-refractivity contribution in [2.45, 2.75) is 171 Å². The van der Waals surface area contributed by atoms with Crippen LogP contribution in [0.4, 0.5) is 0 Å². The van der Waals surface area contributed by atoms with E-state index in [1.165, 1.54) is 20.1 Å². The van der Waals surface area contributed by atoms with Gasteiger partial charge in [0.2, 0.25) is 23.6 Å². The normalized spacial score (nSPS) is 22.5. The zero-order chi connectivity index (χ0) is 52.1. The molecule has 71 heavy (non-hydrogen) atoms. The molecule has 4 N–H and O–H groups in total. The Labute approximate surface area is 426 Å². The lowest BCUT2D eigenvalue weighted by Gasteiger charge is -2.32. The summed E-state index contributed by atoms with van der Waals surface area (Å²) in [7, 11) is 1.50. The number of hydrogen-bond acceptors (Lipinski definition) is 11. The highest BCUT2D eigenvalue weighted by molar-refractivity contribution is 6.32. The smallest absolute Gasteiger partial charge is 0.328 e. The SMILES string of the molecule is C.COc1ccc(C[C@H]2NC(=O)/C=C/C[C@@H]([C@H](C)[C@H]3O[C@@H]3c3ccc(CCC(=O)[C@H](C)NC(=O)[C@@H](CC(=O)CCCC(C)=O)C(C)C)cc3)OC(=O)[C@H](CC(C)(C)C)NC(=O)C(C)(C)CNC2=O)cc1Cl. The molecule has 0 radical (unpaired) electrons. The minimum absolute atomic E-state index is 0. The number of amides is 4. The average Bonchev–Trinajstić information content (AvgIpc) is 4.08. The minimum Gasteiger partial charge on any atom is -0.495 e. The molecule has 392 valence electrons. The van der Waals surface area contributed by atoms with E-state index < -0.39 is 59.3 Å². The van der Waals surface area contributed by atoms with Crippen LogP contribution >= 0.6 is 11.6 Å². The molecule has 15 nitrogen and oxygen atoms in total. The van der Waals surface area contributed by atoms with Gasteiger partial charge in [0, 0.05) is 56.9 Å². The van der Waals surface area contributed by atoms with Gasteiger partial charge < -0.3 is 40.3 Å². The molecule has 16 heteroatoms. The minimum atomic E-state index is -1.16. The van der Waals surface area contributed by atoms with E-state index in [9.17, 15) is 38.4 Å². The van der Waals surface area contributed by atoms with Crippen LogP contribution in [0.15, 0.2) is 54.6 Å². The molecule has 0 aromatic heterocycles. The second-order valence-electron chi connectivity index (χ2n) is 21.2. The molecule has 2 heterocycles. The molecule has 8 atom stereocenters. The monoisotopic (exact) mass is 1010 g/mol. The van der Waals surface area contributed by atoms with Gasteiger partial charge in [0.1, 0.15) is 41.6 Å². The first-order chi connectivity index (χ1) is 32.8. The summed E-state index contributed by atoms with van der Waals surface area (Å²) in [5, 5.41) is 11.7. The van der Waals surface area contributed by atoms with E-state index in [4.69, 9.17) is 25.8 Å². The molecule has 0 aliphatic carbocycles. The first-order valence-corrected chi connectivity index (χ1v) is 24.8. The number of hydrogen-bond donors (Lipinski definition) is 4. The molecule has 1 fully saturated rings. The number of methoxy groups -OCH3 is 1. The molecule has 0 unspecified atom stereocenters. The van der Waals surface area contributed by atoms with Gasteiger partial charge in [-0.05, 0) is 93.2 Å². The van der Waals surface area contributed by atoms with Crippen LogP contribution in [0.1, 0.15) is 144 Å². The van der Waals surface area contributed by atoms with Gasteiger partial charge in [-0.3, -0.25) is 28.8 Å². The van der Waals surface area contributed by atoms with Crippen molar-refractivity contribution in [2.75, 3.05) is 13.7 Å². The van der Waals surface area contributed by atoms with E-state index >= 15 is 0 Å². The molecule has 2 aromatic carbocycles. The Morgan fingerprint density at radius 1 is 0.915 bits per heavy atom. The number of esters is 1. The maximum absolute atomic E-state index is 14.1. The van der Waals surface area contributed by atoms with Gasteiger partial charge >= 0.3 is 5.97 Å². The number of epoxide rings is 1. The fourth-order valence-corrected chi connectivity index (χ4v) is 8.64. The van der Waals surface area contributed by atoms with Crippen LogP contribution in [0.25, 0.3) is 0 Å². The number of aryl methyl sites for hydroxylation is 1. The van der Waals surface area contributed by atoms with E-state index in [-0.39, 0.29) is 105 Å². The first kappa shape index (κ1) is 59.9. The van der Waals surface area contributed by atoms with Gasteiger partial charge in [0.05, 0.1) is 29.7 Å². The summed E-state index contributed by atoms with van der Waals surface area (Å²) < 4.78 is 17.7. The van der Waals surface area contributed by atoms with Crippen molar-refractivity contribution in [3.05, 3.63) is 76.3 Å². The molecular weight excluding hydrogens is 928 g/mol. The van der Waals surface area contributed by atoms with Gasteiger partial charge in [-0.2, -0.15) is 0 Å². The van der Waals surface area contributed by atoms with Gasteiger partial charge in [0.15, 0.2) is 5.78 Å². The summed E-state index contributed by atoms with van der Waals surface area (Å²) in [5.74, 6) is -3.27. The maximum atomic E-state index is 14.1. The number of ether oxygens (including phenoxy) is 3. The average molecular weight is 1010 g/mol. The van der Waals surface area contributed by atoms with E-state index in [1.54, 1.807) is 45.0 Å². The number of ketones is 3. The van der Waals surface area contributed by atoms with Gasteiger partial charge in [-0.15, -0.1) is 0 Å². The van der Waals surface area contributed by atoms with Crippen LogP contribution < -0.4 is 26.0 Å². The van der Waals surface area contributed by atoms with Gasteiger partial charge in [-0.25, -0.2) is 4.79 Å². The number of carbonyl (C=O) groups excluding carboxylic acids is 8. The van der Waals surface area contributed by atoms with Crippen molar-refractivity contribution in [3.8, 4) is 5.75 Å². The second kappa shape index (κ2) is 26.9. The predicted molar refractivity (Wildman–Crippen MR) is 273 cm³/mol. The van der Waals surface area contributed by atoms with Crippen molar-refractivity contribution < 1.29 is 52.6 Å². The Balaban J connectivity index is 0.0000133. The number of halogens is 1. The summed E-state index contributed by atoms with van der Waals surface area (Å²) in [6.45, 7) is 17.9. The lowest BCUT2D eigenvalue weighted by Crippen LogP contribution is -2.54. The number of carbonyl (C=O) groups is 8. The molecule has 2 aromatic rings. The van der Waals surface area contributed by atoms with Crippen LogP contribution in [-0.4, -0.2) is 90.9 Å². The highest BCUT2D eigenvalue weighted by Crippen LogP contribution is 2.45. The molecule has 0 spiro atoms. The summed E-state index contributed by atoms with van der Waals surface area (Å²) in [5.41, 5.74) is 0.925. The third-order valence-electron chi connectivity index (χ3n) is 12.9. The van der Waals surface area contributed by atoms with Gasteiger partial charge in [-0.1, -0.05) is 97.0 Å². The molecule has 4 amide bonds. The van der Waals surface area contributed by atoms with E-state index in [1.807, 2.05) is 65.8 Å². The molecule has 0 saturated carbocycles. The Kier molecular flexibility index (Phi) is 22.7. The Hall–Kier alpha value is -5.41. The fourth-order valence-electron chi connectivity index (χ4n) is 8.36. The zero-order valence-corrected chi connectivity index (χ0v) is 43.6. The molecular formula is C55H79ClN4O11. The van der Waals surface area contributed by atoms with Crippen molar-refractivity contribution in [1.29, 1.82) is 0 Å². The van der Waals surface area contributed by atoms with Crippen LogP contribution in [0.3, 0.4) is 0 Å². The highest BCUT2D eigenvalue weighted by atomic mass is 35.5. The lowest BCUT2D eigenvalue weighted by molar-refractivity contribution is -0.157. The molecule has 1 saturated heterocycles. The van der Waals surface area contributed by atoms with Crippen LogP contribution in [-0.2, 0) is 60.7 Å². The van der Waals surface area contributed by atoms with E-state index in [2.05, 4.69) is 21.3 Å². The Morgan fingerprint density at radius 2 is 1.58 bits per heavy atom. The predicted octanol–water partition coefficient (Wildman–Crippen LogP) is 7.72. The largest absolute Gasteiger partial charge is 0.495 e. The fraction of sp³-hybridized carbons (Fsp3) is 0.600. The van der Waals surface area contributed by atoms with Crippen molar-refractivity contribution in [3.63, 3.8) is 0 Å². The van der Waals surface area contributed by atoms with Gasteiger partial charge in [0.25, 0.3) is 0 Å². The number of rotatable bonds is 20. The quantitative estimate of drug-likeness (QED) is 0.0744. The summed E-state index contributed by atoms with van der Waals surface area (Å²) in [4.78, 5) is 105. The van der Waals surface area contributed by atoms with E-state index in [0.29, 0.717) is 35.6 Å². The Morgan fingerprint density at radius 3 is 2.18 bits per heavy atom.